The standard InChI is InChI=1S/C18H18FN3OS2/c1-2-3-8-20-15(23)10-25-18-16-14(9-24-17(16)21-11-22-18)12-4-6-13(19)7-5-12/h4-7,9,11H,2-3,8,10H2,1H3,(H,20,23). The molecule has 130 valence electrons. The van der Waals surface area contributed by atoms with Gasteiger partial charge in [-0.1, -0.05) is 37.2 Å². The summed E-state index contributed by atoms with van der Waals surface area (Å²) in [4.78, 5) is 21.5. The van der Waals surface area contributed by atoms with E-state index >= 15 is 0 Å². The third kappa shape index (κ3) is 4.35. The predicted molar refractivity (Wildman–Crippen MR) is 101 cm³/mol. The van der Waals surface area contributed by atoms with E-state index in [0.29, 0.717) is 12.3 Å². The fraction of sp³-hybridized carbons (Fsp3) is 0.278. The third-order valence-electron chi connectivity index (χ3n) is 3.68. The summed E-state index contributed by atoms with van der Waals surface area (Å²) in [6, 6.07) is 6.37. The van der Waals surface area contributed by atoms with Gasteiger partial charge in [-0.15, -0.1) is 11.3 Å². The summed E-state index contributed by atoms with van der Waals surface area (Å²) in [5, 5.41) is 6.60. The Bertz CT molecular complexity index is 864. The van der Waals surface area contributed by atoms with Gasteiger partial charge in [-0.05, 0) is 24.1 Å². The molecule has 0 aliphatic heterocycles. The first kappa shape index (κ1) is 17.8. The summed E-state index contributed by atoms with van der Waals surface area (Å²) in [6.07, 6.45) is 3.55. The van der Waals surface area contributed by atoms with E-state index in [1.807, 2.05) is 5.38 Å². The van der Waals surface area contributed by atoms with Gasteiger partial charge in [-0.2, -0.15) is 0 Å². The van der Waals surface area contributed by atoms with Crippen molar-refractivity contribution in [2.75, 3.05) is 12.3 Å². The average Bonchev–Trinajstić information content (AvgIpc) is 3.05. The van der Waals surface area contributed by atoms with Crippen LogP contribution in [-0.4, -0.2) is 28.2 Å². The van der Waals surface area contributed by atoms with Crippen LogP contribution in [-0.2, 0) is 4.79 Å². The number of fused-ring (bicyclic) bond motifs is 1. The van der Waals surface area contributed by atoms with E-state index in [1.165, 1.54) is 41.6 Å². The molecular formula is C18H18FN3OS2. The van der Waals surface area contributed by atoms with Gasteiger partial charge < -0.3 is 5.32 Å². The molecule has 0 atom stereocenters. The van der Waals surface area contributed by atoms with Crippen LogP contribution in [0.5, 0.6) is 0 Å². The van der Waals surface area contributed by atoms with Crippen LogP contribution in [0.4, 0.5) is 4.39 Å². The molecule has 1 N–H and O–H groups in total. The van der Waals surface area contributed by atoms with Gasteiger partial charge in [0.2, 0.25) is 5.91 Å². The first-order valence-corrected chi connectivity index (χ1v) is 9.93. The van der Waals surface area contributed by atoms with Gasteiger partial charge in [0.05, 0.1) is 11.1 Å². The molecule has 1 aromatic carbocycles. The number of carbonyl (C=O) groups is 1. The maximum absolute atomic E-state index is 13.2. The first-order valence-electron chi connectivity index (χ1n) is 8.06. The smallest absolute Gasteiger partial charge is 0.230 e. The normalized spacial score (nSPS) is 11.0. The maximum atomic E-state index is 13.2. The molecule has 0 aliphatic rings. The summed E-state index contributed by atoms with van der Waals surface area (Å²) in [7, 11) is 0. The zero-order valence-electron chi connectivity index (χ0n) is 13.8. The summed E-state index contributed by atoms with van der Waals surface area (Å²) in [6.45, 7) is 2.79. The Morgan fingerprint density at radius 1 is 1.28 bits per heavy atom. The largest absolute Gasteiger partial charge is 0.355 e. The molecule has 0 bridgehead atoms. The highest BCUT2D eigenvalue weighted by Crippen LogP contribution is 2.37. The Morgan fingerprint density at radius 3 is 2.84 bits per heavy atom. The quantitative estimate of drug-likeness (QED) is 0.375. The Morgan fingerprint density at radius 2 is 2.08 bits per heavy atom. The molecule has 25 heavy (non-hydrogen) atoms. The van der Waals surface area contributed by atoms with Crippen LogP contribution in [0.1, 0.15) is 19.8 Å². The molecule has 0 spiro atoms. The molecule has 0 saturated carbocycles. The van der Waals surface area contributed by atoms with Gasteiger partial charge in [0.15, 0.2) is 0 Å². The van der Waals surface area contributed by atoms with E-state index in [2.05, 4.69) is 22.2 Å². The zero-order chi connectivity index (χ0) is 17.6. The second kappa shape index (κ2) is 8.40. The Kier molecular flexibility index (Phi) is 5.99. The highest BCUT2D eigenvalue weighted by atomic mass is 32.2. The van der Waals surface area contributed by atoms with Crippen molar-refractivity contribution in [3.05, 3.63) is 41.8 Å². The molecule has 1 amide bonds. The maximum Gasteiger partial charge on any atom is 0.230 e. The van der Waals surface area contributed by atoms with Crippen molar-refractivity contribution in [1.82, 2.24) is 15.3 Å². The van der Waals surface area contributed by atoms with Crippen LogP contribution < -0.4 is 5.32 Å². The number of carbonyl (C=O) groups excluding carboxylic acids is 1. The van der Waals surface area contributed by atoms with E-state index in [0.717, 1.165) is 39.2 Å². The van der Waals surface area contributed by atoms with Crippen molar-refractivity contribution in [3.63, 3.8) is 0 Å². The summed E-state index contributed by atoms with van der Waals surface area (Å²) >= 11 is 2.92. The van der Waals surface area contributed by atoms with Crippen LogP contribution in [0.15, 0.2) is 41.0 Å². The highest BCUT2D eigenvalue weighted by molar-refractivity contribution is 8.00. The third-order valence-corrected chi connectivity index (χ3v) is 5.56. The van der Waals surface area contributed by atoms with E-state index in [9.17, 15) is 9.18 Å². The summed E-state index contributed by atoms with van der Waals surface area (Å²) < 4.78 is 13.2. The van der Waals surface area contributed by atoms with Crippen molar-refractivity contribution in [2.24, 2.45) is 0 Å². The molecule has 3 aromatic rings. The summed E-state index contributed by atoms with van der Waals surface area (Å²) in [5.41, 5.74) is 1.88. The van der Waals surface area contributed by atoms with Crippen LogP contribution in [0.2, 0.25) is 0 Å². The molecule has 0 radical (unpaired) electrons. The van der Waals surface area contributed by atoms with E-state index in [-0.39, 0.29) is 11.7 Å². The van der Waals surface area contributed by atoms with Crippen molar-refractivity contribution in [2.45, 2.75) is 24.8 Å². The number of amides is 1. The minimum absolute atomic E-state index is 0.00349. The van der Waals surface area contributed by atoms with Crippen molar-refractivity contribution in [3.8, 4) is 11.1 Å². The monoisotopic (exact) mass is 375 g/mol. The number of hydrogen-bond donors (Lipinski definition) is 1. The van der Waals surface area contributed by atoms with Crippen LogP contribution in [0.3, 0.4) is 0 Å². The molecular weight excluding hydrogens is 357 g/mol. The topological polar surface area (TPSA) is 54.9 Å². The SMILES string of the molecule is CCCCNC(=O)CSc1ncnc2scc(-c3ccc(F)cc3)c12. The first-order chi connectivity index (χ1) is 12.2. The molecule has 7 heteroatoms. The molecule has 0 saturated heterocycles. The van der Waals surface area contributed by atoms with Crippen LogP contribution >= 0.6 is 23.1 Å². The number of nitrogens with zero attached hydrogens (tertiary/aromatic N) is 2. The number of rotatable bonds is 7. The van der Waals surface area contributed by atoms with Gasteiger partial charge in [0.25, 0.3) is 0 Å². The predicted octanol–water partition coefficient (Wildman–Crippen LogP) is 4.51. The lowest BCUT2D eigenvalue weighted by atomic mass is 10.1. The van der Waals surface area contributed by atoms with E-state index in [4.69, 9.17) is 0 Å². The molecule has 0 unspecified atom stereocenters. The lowest BCUT2D eigenvalue weighted by molar-refractivity contribution is -0.118. The summed E-state index contributed by atoms with van der Waals surface area (Å²) in [5.74, 6) is 0.0517. The van der Waals surface area contributed by atoms with Crippen molar-refractivity contribution in [1.29, 1.82) is 0 Å². The number of hydrogen-bond acceptors (Lipinski definition) is 5. The van der Waals surface area contributed by atoms with E-state index in [1.54, 1.807) is 12.1 Å². The van der Waals surface area contributed by atoms with Crippen LogP contribution in [0.25, 0.3) is 21.3 Å². The minimum Gasteiger partial charge on any atom is -0.355 e. The Labute approximate surface area is 153 Å². The fourth-order valence-electron chi connectivity index (χ4n) is 2.39. The Balaban J connectivity index is 1.82. The van der Waals surface area contributed by atoms with E-state index < -0.39 is 0 Å². The lowest BCUT2D eigenvalue weighted by Gasteiger charge is -2.06. The number of benzene rings is 1. The van der Waals surface area contributed by atoms with Gasteiger partial charge in [-0.25, -0.2) is 14.4 Å². The average molecular weight is 375 g/mol. The number of thiophene rings is 1. The Hall–Kier alpha value is -1.99. The molecule has 0 aliphatic carbocycles. The van der Waals surface area contributed by atoms with Crippen LogP contribution in [0, 0.1) is 5.82 Å². The van der Waals surface area contributed by atoms with Gasteiger partial charge in [-0.3, -0.25) is 4.79 Å². The second-order valence-corrected chi connectivity index (χ2v) is 7.33. The second-order valence-electron chi connectivity index (χ2n) is 5.51. The minimum atomic E-state index is -0.266. The zero-order valence-corrected chi connectivity index (χ0v) is 15.4. The van der Waals surface area contributed by atoms with Crippen molar-refractivity contribution >= 4 is 39.2 Å². The lowest BCUT2D eigenvalue weighted by Crippen LogP contribution is -2.26. The number of aromatic nitrogens is 2. The number of unbranched alkanes of at least 4 members (excludes halogenated alkanes) is 1. The molecule has 2 aromatic heterocycles. The van der Waals surface area contributed by atoms with Crippen molar-refractivity contribution < 1.29 is 9.18 Å². The molecule has 0 fully saturated rings. The highest BCUT2D eigenvalue weighted by Gasteiger charge is 2.14. The number of halogens is 1. The van der Waals surface area contributed by atoms with Gasteiger partial charge in [0, 0.05) is 17.5 Å². The molecule has 2 heterocycles. The fourth-order valence-corrected chi connectivity index (χ4v) is 4.21. The molecule has 3 rings (SSSR count). The molecule has 4 nitrogen and oxygen atoms in total. The van der Waals surface area contributed by atoms with Gasteiger partial charge >= 0.3 is 0 Å². The van der Waals surface area contributed by atoms with Gasteiger partial charge in [0.1, 0.15) is 22.0 Å². The number of nitrogens with one attached hydrogen (secondary N) is 1. The number of thioether (sulfide) groups is 1.